The fourth-order valence-corrected chi connectivity index (χ4v) is 3.25. The molecule has 3 aromatic rings. The van der Waals surface area contributed by atoms with E-state index in [4.69, 9.17) is 18.9 Å². The van der Waals surface area contributed by atoms with Crippen molar-refractivity contribution in [3.05, 3.63) is 65.4 Å². The van der Waals surface area contributed by atoms with E-state index < -0.39 is 0 Å². The lowest BCUT2D eigenvalue weighted by Gasteiger charge is -2.20. The molecule has 3 rings (SSSR count). The lowest BCUT2D eigenvalue weighted by Crippen LogP contribution is -2.27. The number of ether oxygens (including phenoxy) is 4. The summed E-state index contributed by atoms with van der Waals surface area (Å²) in [5, 5.41) is 0. The summed E-state index contributed by atoms with van der Waals surface area (Å²) in [6, 6.07) is 13.2. The van der Waals surface area contributed by atoms with Crippen LogP contribution in [0.15, 0.2) is 48.7 Å². The Labute approximate surface area is 206 Å². The minimum absolute atomic E-state index is 0.134. The number of para-hydroxylation sites is 1. The summed E-state index contributed by atoms with van der Waals surface area (Å²) in [6.07, 6.45) is 1.44. The number of carbonyl (C=O) groups excluding carboxylic acids is 1. The number of amides is 1. The Morgan fingerprint density at radius 2 is 1.69 bits per heavy atom. The van der Waals surface area contributed by atoms with Crippen LogP contribution in [0.3, 0.4) is 0 Å². The number of aromatic nitrogens is 2. The highest BCUT2D eigenvalue weighted by atomic mass is 16.5. The van der Waals surface area contributed by atoms with Crippen LogP contribution in [0.1, 0.15) is 21.5 Å². The summed E-state index contributed by atoms with van der Waals surface area (Å²) < 4.78 is 22.4. The number of nitrogens with zero attached hydrogens (tertiary/aromatic N) is 4. The second-order valence-electron chi connectivity index (χ2n) is 8.27. The molecule has 0 radical (unpaired) electrons. The molecule has 2 aromatic carbocycles. The van der Waals surface area contributed by atoms with Crippen molar-refractivity contribution in [2.45, 2.75) is 13.5 Å². The van der Waals surface area contributed by atoms with Crippen LogP contribution in [0.5, 0.6) is 29.1 Å². The Balaban J connectivity index is 1.88. The van der Waals surface area contributed by atoms with Crippen molar-refractivity contribution in [2.24, 2.45) is 0 Å². The molecule has 1 aromatic heterocycles. The minimum atomic E-state index is -0.296. The van der Waals surface area contributed by atoms with Crippen molar-refractivity contribution in [3.8, 4) is 29.1 Å². The Bertz CT molecular complexity index is 1130. The lowest BCUT2D eigenvalue weighted by molar-refractivity contribution is 0.0780. The Morgan fingerprint density at radius 3 is 2.31 bits per heavy atom. The summed E-state index contributed by atoms with van der Waals surface area (Å²) in [5.74, 6) is 1.72. The van der Waals surface area contributed by atoms with E-state index in [2.05, 4.69) is 9.97 Å². The smallest absolute Gasteiger partial charge is 0.319 e. The number of methoxy groups -OCH3 is 2. The van der Waals surface area contributed by atoms with E-state index in [1.165, 1.54) is 6.20 Å². The Morgan fingerprint density at radius 1 is 1.00 bits per heavy atom. The van der Waals surface area contributed by atoms with Gasteiger partial charge in [-0.3, -0.25) is 4.79 Å². The molecule has 35 heavy (non-hydrogen) atoms. The van der Waals surface area contributed by atoms with Gasteiger partial charge in [0.15, 0.2) is 0 Å². The average molecular weight is 481 g/mol. The number of likely N-dealkylation sites (N-methyl/N-ethyl adjacent to an activating group) is 1. The summed E-state index contributed by atoms with van der Waals surface area (Å²) in [5.41, 5.74) is 1.99. The van der Waals surface area contributed by atoms with Crippen LogP contribution in [-0.2, 0) is 6.54 Å². The largest absolute Gasteiger partial charge is 0.497 e. The highest BCUT2D eigenvalue weighted by Crippen LogP contribution is 2.29. The molecule has 9 nitrogen and oxygen atoms in total. The third-order valence-electron chi connectivity index (χ3n) is 5.21. The first kappa shape index (κ1) is 25.8. The summed E-state index contributed by atoms with van der Waals surface area (Å²) in [7, 11) is 8.77. The second-order valence-corrected chi connectivity index (χ2v) is 8.27. The molecule has 0 aliphatic carbocycles. The van der Waals surface area contributed by atoms with E-state index in [-0.39, 0.29) is 23.4 Å². The average Bonchev–Trinajstić information content (AvgIpc) is 2.84. The fourth-order valence-electron chi connectivity index (χ4n) is 3.25. The second kappa shape index (κ2) is 12.0. The van der Waals surface area contributed by atoms with Crippen molar-refractivity contribution < 1.29 is 23.7 Å². The minimum Gasteiger partial charge on any atom is -0.497 e. The quantitative estimate of drug-likeness (QED) is 0.410. The highest BCUT2D eigenvalue weighted by molar-refractivity contribution is 5.96. The van der Waals surface area contributed by atoms with E-state index in [0.717, 1.165) is 11.1 Å². The van der Waals surface area contributed by atoms with Gasteiger partial charge in [0.2, 0.25) is 5.88 Å². The van der Waals surface area contributed by atoms with Crippen molar-refractivity contribution in [2.75, 3.05) is 48.5 Å². The van der Waals surface area contributed by atoms with Crippen LogP contribution in [0, 0.1) is 6.92 Å². The van der Waals surface area contributed by atoms with Gasteiger partial charge >= 0.3 is 6.01 Å². The van der Waals surface area contributed by atoms with Gasteiger partial charge in [-0.05, 0) is 50.3 Å². The Kier molecular flexibility index (Phi) is 8.86. The van der Waals surface area contributed by atoms with Gasteiger partial charge in [-0.15, -0.1) is 0 Å². The first-order valence-electron chi connectivity index (χ1n) is 11.2. The van der Waals surface area contributed by atoms with Gasteiger partial charge in [-0.25, -0.2) is 4.98 Å². The SMILES string of the molecule is COc1cc(CN(C)C(=O)c2cnc(OCCN(C)C)nc2Oc2ccccc2C)cc(OC)c1. The molecule has 0 saturated heterocycles. The molecule has 186 valence electrons. The van der Waals surface area contributed by atoms with Gasteiger partial charge in [0.25, 0.3) is 5.91 Å². The van der Waals surface area contributed by atoms with E-state index in [0.29, 0.717) is 36.9 Å². The maximum absolute atomic E-state index is 13.4. The maximum Gasteiger partial charge on any atom is 0.319 e. The predicted molar refractivity (Wildman–Crippen MR) is 133 cm³/mol. The standard InChI is InChI=1S/C26H32N4O5/c1-18-9-7-8-10-23(18)35-24-22(16-27-26(28-24)34-12-11-29(2)3)25(31)30(4)17-19-13-20(32-5)15-21(14-19)33-6/h7-10,13-16H,11-12,17H2,1-6H3. The van der Waals surface area contributed by atoms with Gasteiger partial charge in [0.1, 0.15) is 29.4 Å². The molecular weight excluding hydrogens is 448 g/mol. The molecule has 0 aliphatic heterocycles. The molecular formula is C26H32N4O5. The molecule has 0 spiro atoms. The lowest BCUT2D eigenvalue weighted by atomic mass is 10.1. The van der Waals surface area contributed by atoms with E-state index >= 15 is 0 Å². The fraction of sp³-hybridized carbons (Fsp3) is 0.346. The maximum atomic E-state index is 13.4. The molecule has 0 atom stereocenters. The number of hydrogen-bond donors (Lipinski definition) is 0. The highest BCUT2D eigenvalue weighted by Gasteiger charge is 2.22. The first-order chi connectivity index (χ1) is 16.8. The number of carbonyl (C=O) groups is 1. The van der Waals surface area contributed by atoms with Crippen molar-refractivity contribution in [1.82, 2.24) is 19.8 Å². The summed E-state index contributed by atoms with van der Waals surface area (Å²) in [4.78, 5) is 25.6. The number of hydrogen-bond acceptors (Lipinski definition) is 8. The van der Waals surface area contributed by atoms with Crippen LogP contribution in [0.4, 0.5) is 0 Å². The van der Waals surface area contributed by atoms with Gasteiger partial charge in [0.05, 0.1) is 20.4 Å². The molecule has 9 heteroatoms. The van der Waals surface area contributed by atoms with Crippen LogP contribution < -0.4 is 18.9 Å². The summed E-state index contributed by atoms with van der Waals surface area (Å²) >= 11 is 0. The van der Waals surface area contributed by atoms with E-state index in [1.807, 2.05) is 62.3 Å². The zero-order valence-electron chi connectivity index (χ0n) is 21.1. The van der Waals surface area contributed by atoms with E-state index in [1.54, 1.807) is 32.2 Å². The van der Waals surface area contributed by atoms with Crippen molar-refractivity contribution in [1.29, 1.82) is 0 Å². The van der Waals surface area contributed by atoms with Gasteiger partial charge in [-0.2, -0.15) is 4.98 Å². The van der Waals surface area contributed by atoms with Crippen molar-refractivity contribution >= 4 is 5.91 Å². The topological polar surface area (TPSA) is 86.2 Å². The third-order valence-corrected chi connectivity index (χ3v) is 5.21. The molecule has 0 saturated carbocycles. The molecule has 1 heterocycles. The number of aryl methyl sites for hydroxylation is 1. The van der Waals surface area contributed by atoms with Crippen LogP contribution in [0.2, 0.25) is 0 Å². The van der Waals surface area contributed by atoms with Gasteiger partial charge in [0, 0.05) is 26.2 Å². The normalized spacial score (nSPS) is 10.7. The van der Waals surface area contributed by atoms with Gasteiger partial charge < -0.3 is 28.7 Å². The van der Waals surface area contributed by atoms with Gasteiger partial charge in [-0.1, -0.05) is 18.2 Å². The zero-order valence-corrected chi connectivity index (χ0v) is 21.1. The van der Waals surface area contributed by atoms with Crippen molar-refractivity contribution in [3.63, 3.8) is 0 Å². The predicted octanol–water partition coefficient (Wildman–Crippen LogP) is 3.81. The molecule has 1 amide bonds. The molecule has 0 aliphatic rings. The van der Waals surface area contributed by atoms with Crippen LogP contribution >= 0.6 is 0 Å². The number of rotatable bonds is 11. The first-order valence-corrected chi connectivity index (χ1v) is 11.2. The molecule has 0 bridgehead atoms. The molecule has 0 fully saturated rings. The molecule has 0 unspecified atom stereocenters. The monoisotopic (exact) mass is 480 g/mol. The van der Waals surface area contributed by atoms with Crippen LogP contribution in [0.25, 0.3) is 0 Å². The van der Waals surface area contributed by atoms with E-state index in [9.17, 15) is 4.79 Å². The third kappa shape index (κ3) is 7.07. The van der Waals surface area contributed by atoms with Crippen LogP contribution in [-0.4, -0.2) is 74.2 Å². The summed E-state index contributed by atoms with van der Waals surface area (Å²) in [6.45, 7) is 3.35. The Hall–Kier alpha value is -3.85. The zero-order chi connectivity index (χ0) is 25.4. The molecule has 0 N–H and O–H groups in total. The number of benzene rings is 2.